The maximum absolute atomic E-state index is 5.72. The quantitative estimate of drug-likeness (QED) is 0.610. The summed E-state index contributed by atoms with van der Waals surface area (Å²) in [6.07, 6.45) is 8.90. The highest BCUT2D eigenvalue weighted by molar-refractivity contribution is 5.71. The Morgan fingerprint density at radius 1 is 1.03 bits per heavy atom. The van der Waals surface area contributed by atoms with Gasteiger partial charge in [-0.1, -0.05) is 36.4 Å². The highest BCUT2D eigenvalue weighted by Crippen LogP contribution is 2.29. The first kappa shape index (κ1) is 21.5. The third-order valence-corrected chi connectivity index (χ3v) is 4.85. The van der Waals surface area contributed by atoms with Crippen molar-refractivity contribution < 1.29 is 9.47 Å². The molecule has 0 heterocycles. The van der Waals surface area contributed by atoms with Crippen LogP contribution in [0.5, 0.6) is 5.75 Å². The SMILES string of the molecule is COC1=C(c2ccccc2)C[C@@H](N/C=C\Nc2ccc(OCCN(C)C)cc2)C=C1. The van der Waals surface area contributed by atoms with Crippen LogP contribution >= 0.6 is 0 Å². The van der Waals surface area contributed by atoms with Crippen LogP contribution in [-0.2, 0) is 4.74 Å². The molecule has 3 rings (SSSR count). The Balaban J connectivity index is 1.48. The average Bonchev–Trinajstić information content (AvgIpc) is 2.78. The van der Waals surface area contributed by atoms with E-state index in [4.69, 9.17) is 9.47 Å². The molecule has 0 unspecified atom stereocenters. The minimum atomic E-state index is 0.213. The van der Waals surface area contributed by atoms with E-state index in [9.17, 15) is 0 Å². The highest BCUT2D eigenvalue weighted by atomic mass is 16.5. The Labute approximate surface area is 179 Å². The molecule has 1 aliphatic carbocycles. The van der Waals surface area contributed by atoms with Crippen LogP contribution in [0.4, 0.5) is 5.69 Å². The van der Waals surface area contributed by atoms with Crippen LogP contribution < -0.4 is 15.4 Å². The van der Waals surface area contributed by atoms with Crippen LogP contribution in [0.3, 0.4) is 0 Å². The normalized spacial score (nSPS) is 16.2. The van der Waals surface area contributed by atoms with E-state index >= 15 is 0 Å². The van der Waals surface area contributed by atoms with Crippen LogP contribution in [0.2, 0.25) is 0 Å². The van der Waals surface area contributed by atoms with E-state index in [0.29, 0.717) is 6.61 Å². The van der Waals surface area contributed by atoms with Crippen molar-refractivity contribution in [2.75, 3.05) is 39.7 Å². The van der Waals surface area contributed by atoms with Gasteiger partial charge in [0.25, 0.3) is 0 Å². The first-order valence-corrected chi connectivity index (χ1v) is 10.2. The predicted octanol–water partition coefficient (Wildman–Crippen LogP) is 4.49. The summed E-state index contributed by atoms with van der Waals surface area (Å²) in [6.45, 7) is 1.58. The van der Waals surface area contributed by atoms with Crippen LogP contribution in [0, 0.1) is 0 Å². The van der Waals surface area contributed by atoms with Crippen molar-refractivity contribution >= 4 is 11.3 Å². The van der Waals surface area contributed by atoms with Gasteiger partial charge in [0.15, 0.2) is 0 Å². The third kappa shape index (κ3) is 6.42. The molecule has 0 aromatic heterocycles. The second-order valence-corrected chi connectivity index (χ2v) is 7.40. The molecule has 5 heteroatoms. The van der Waals surface area contributed by atoms with Crippen molar-refractivity contribution in [3.05, 3.63) is 90.5 Å². The van der Waals surface area contributed by atoms with Gasteiger partial charge < -0.3 is 25.0 Å². The highest BCUT2D eigenvalue weighted by Gasteiger charge is 2.17. The standard InChI is InChI=1S/C25H31N3O2/c1-28(2)17-18-30-23-12-9-21(10-13-23)26-15-16-27-22-11-14-25(29-3)24(19-22)20-7-5-4-6-8-20/h4-16,22,26-27H,17-19H2,1-3H3/b16-15-/t22-/m0/s1. The van der Waals surface area contributed by atoms with Gasteiger partial charge in [0.1, 0.15) is 18.1 Å². The molecule has 0 radical (unpaired) electrons. The topological polar surface area (TPSA) is 45.8 Å². The molecule has 0 amide bonds. The predicted molar refractivity (Wildman–Crippen MR) is 124 cm³/mol. The molecule has 1 atom stereocenters. The Bertz CT molecular complexity index is 871. The average molecular weight is 406 g/mol. The van der Waals surface area contributed by atoms with Gasteiger partial charge in [-0.05, 0) is 50.0 Å². The molecule has 2 aromatic rings. The number of hydrogen-bond donors (Lipinski definition) is 2. The van der Waals surface area contributed by atoms with E-state index in [1.807, 2.05) is 62.9 Å². The Hall–Kier alpha value is -3.18. The van der Waals surface area contributed by atoms with Gasteiger partial charge in [-0.15, -0.1) is 0 Å². The van der Waals surface area contributed by atoms with Crippen LogP contribution in [0.25, 0.3) is 5.57 Å². The molecule has 0 fully saturated rings. The van der Waals surface area contributed by atoms with Gasteiger partial charge in [-0.3, -0.25) is 0 Å². The number of ether oxygens (including phenoxy) is 2. The van der Waals surface area contributed by atoms with Gasteiger partial charge in [0.05, 0.1) is 7.11 Å². The number of methoxy groups -OCH3 is 1. The van der Waals surface area contributed by atoms with Gasteiger partial charge in [0.2, 0.25) is 0 Å². The van der Waals surface area contributed by atoms with E-state index in [2.05, 4.69) is 45.9 Å². The monoisotopic (exact) mass is 405 g/mol. The molecule has 158 valence electrons. The van der Waals surface area contributed by atoms with Gasteiger partial charge in [-0.2, -0.15) is 0 Å². The zero-order valence-electron chi connectivity index (χ0n) is 18.0. The molecule has 0 bridgehead atoms. The summed E-state index contributed by atoms with van der Waals surface area (Å²) in [5, 5.41) is 6.72. The second kappa shape index (κ2) is 11.1. The van der Waals surface area contributed by atoms with Crippen LogP contribution in [-0.4, -0.2) is 45.3 Å². The van der Waals surface area contributed by atoms with Crippen molar-refractivity contribution in [3.63, 3.8) is 0 Å². The number of benzene rings is 2. The molecule has 2 N–H and O–H groups in total. The molecule has 2 aromatic carbocycles. The lowest BCUT2D eigenvalue weighted by Gasteiger charge is -2.22. The molecule has 0 aliphatic heterocycles. The number of nitrogens with zero attached hydrogens (tertiary/aromatic N) is 1. The van der Waals surface area contributed by atoms with E-state index in [0.717, 1.165) is 30.2 Å². The zero-order chi connectivity index (χ0) is 21.2. The summed E-state index contributed by atoms with van der Waals surface area (Å²) in [6, 6.07) is 18.6. The molecular weight excluding hydrogens is 374 g/mol. The minimum absolute atomic E-state index is 0.213. The third-order valence-electron chi connectivity index (χ3n) is 4.85. The van der Waals surface area contributed by atoms with Gasteiger partial charge in [-0.25, -0.2) is 0 Å². The fraction of sp³-hybridized carbons (Fsp3) is 0.280. The minimum Gasteiger partial charge on any atom is -0.496 e. The van der Waals surface area contributed by atoms with Crippen LogP contribution in [0.15, 0.2) is 84.9 Å². The van der Waals surface area contributed by atoms with E-state index in [1.54, 1.807) is 7.11 Å². The molecule has 1 aliphatic rings. The largest absolute Gasteiger partial charge is 0.496 e. The molecular formula is C25H31N3O2. The van der Waals surface area contributed by atoms with Crippen molar-refractivity contribution in [3.8, 4) is 5.75 Å². The number of allylic oxidation sites excluding steroid dienone is 1. The Kier molecular flexibility index (Phi) is 7.98. The summed E-state index contributed by atoms with van der Waals surface area (Å²) in [7, 11) is 5.79. The second-order valence-electron chi connectivity index (χ2n) is 7.40. The Morgan fingerprint density at radius 3 is 2.50 bits per heavy atom. The molecule has 0 saturated heterocycles. The number of rotatable bonds is 10. The maximum atomic E-state index is 5.72. The van der Waals surface area contributed by atoms with Crippen molar-refractivity contribution in [2.24, 2.45) is 0 Å². The van der Waals surface area contributed by atoms with Gasteiger partial charge >= 0.3 is 0 Å². The summed E-state index contributed by atoms with van der Waals surface area (Å²) >= 11 is 0. The summed E-state index contributed by atoms with van der Waals surface area (Å²) in [5.41, 5.74) is 3.42. The van der Waals surface area contributed by atoms with E-state index in [-0.39, 0.29) is 6.04 Å². The smallest absolute Gasteiger partial charge is 0.122 e. The van der Waals surface area contributed by atoms with Crippen LogP contribution in [0.1, 0.15) is 12.0 Å². The molecule has 0 spiro atoms. The Morgan fingerprint density at radius 2 is 1.80 bits per heavy atom. The fourth-order valence-electron chi connectivity index (χ4n) is 3.20. The molecule has 30 heavy (non-hydrogen) atoms. The first-order chi connectivity index (χ1) is 14.7. The van der Waals surface area contributed by atoms with Crippen molar-refractivity contribution in [1.82, 2.24) is 10.2 Å². The van der Waals surface area contributed by atoms with Crippen molar-refractivity contribution in [1.29, 1.82) is 0 Å². The van der Waals surface area contributed by atoms with E-state index < -0.39 is 0 Å². The van der Waals surface area contributed by atoms with Gasteiger partial charge in [0, 0.05) is 42.7 Å². The lowest BCUT2D eigenvalue weighted by molar-refractivity contribution is 0.261. The molecule has 5 nitrogen and oxygen atoms in total. The van der Waals surface area contributed by atoms with E-state index in [1.165, 1.54) is 11.1 Å². The maximum Gasteiger partial charge on any atom is 0.122 e. The number of hydrogen-bond acceptors (Lipinski definition) is 5. The molecule has 0 saturated carbocycles. The summed E-state index contributed by atoms with van der Waals surface area (Å²) in [4.78, 5) is 2.10. The lowest BCUT2D eigenvalue weighted by atomic mass is 9.93. The number of nitrogens with one attached hydrogen (secondary N) is 2. The number of anilines is 1. The summed E-state index contributed by atoms with van der Waals surface area (Å²) in [5.74, 6) is 1.81. The number of likely N-dealkylation sites (N-methyl/N-ethyl adjacent to an activating group) is 1. The summed E-state index contributed by atoms with van der Waals surface area (Å²) < 4.78 is 11.3. The lowest BCUT2D eigenvalue weighted by Crippen LogP contribution is -2.25. The first-order valence-electron chi connectivity index (χ1n) is 10.2. The fourth-order valence-corrected chi connectivity index (χ4v) is 3.20. The zero-order valence-corrected chi connectivity index (χ0v) is 18.0. The van der Waals surface area contributed by atoms with Crippen molar-refractivity contribution in [2.45, 2.75) is 12.5 Å².